The maximum Gasteiger partial charge on any atom is 0.337 e. The van der Waals surface area contributed by atoms with Crippen molar-refractivity contribution in [3.63, 3.8) is 0 Å². The second-order valence-electron chi connectivity index (χ2n) is 7.26. The summed E-state index contributed by atoms with van der Waals surface area (Å²) >= 11 is 0. The molecule has 1 heterocycles. The molecule has 0 aromatic heterocycles. The Labute approximate surface area is 166 Å². The van der Waals surface area contributed by atoms with Gasteiger partial charge in [-0.3, -0.25) is 4.79 Å². The summed E-state index contributed by atoms with van der Waals surface area (Å²) in [5.41, 5.74) is 2.79. The molecule has 3 rings (SSSR count). The topological polar surface area (TPSA) is 58.6 Å². The molecule has 5 heteroatoms. The van der Waals surface area contributed by atoms with Crippen LogP contribution in [0, 0.1) is 5.92 Å². The number of benzene rings is 2. The number of nitrogens with one attached hydrogen (secondary N) is 1. The number of piperidine rings is 1. The Morgan fingerprint density at radius 2 is 1.71 bits per heavy atom. The number of rotatable bonds is 7. The number of nitrogens with zero attached hydrogens (tertiary/aromatic N) is 1. The Bertz CT molecular complexity index is 766. The van der Waals surface area contributed by atoms with Crippen molar-refractivity contribution in [1.29, 1.82) is 0 Å². The van der Waals surface area contributed by atoms with Crippen LogP contribution in [0.15, 0.2) is 54.6 Å². The normalized spacial score (nSPS) is 14.5. The molecule has 5 nitrogen and oxygen atoms in total. The van der Waals surface area contributed by atoms with Crippen LogP contribution in [0.3, 0.4) is 0 Å². The first-order valence-electron chi connectivity index (χ1n) is 9.89. The average molecular weight is 380 g/mol. The molecule has 1 N–H and O–H groups in total. The molecular formula is C23H28N2O3. The lowest BCUT2D eigenvalue weighted by Gasteiger charge is -2.32. The maximum atomic E-state index is 12.5. The highest BCUT2D eigenvalue weighted by molar-refractivity contribution is 5.89. The van der Waals surface area contributed by atoms with E-state index in [-0.39, 0.29) is 11.9 Å². The predicted octanol–water partition coefficient (Wildman–Crippen LogP) is 3.76. The number of hydrogen-bond acceptors (Lipinski definition) is 4. The first-order chi connectivity index (χ1) is 13.7. The van der Waals surface area contributed by atoms with Gasteiger partial charge >= 0.3 is 5.97 Å². The lowest BCUT2D eigenvalue weighted by Crippen LogP contribution is -2.39. The molecule has 2 aromatic rings. The van der Waals surface area contributed by atoms with Gasteiger partial charge in [0.1, 0.15) is 0 Å². The highest BCUT2D eigenvalue weighted by Gasteiger charge is 2.22. The van der Waals surface area contributed by atoms with Crippen molar-refractivity contribution < 1.29 is 14.3 Å². The molecule has 1 amide bonds. The fourth-order valence-corrected chi connectivity index (χ4v) is 3.65. The van der Waals surface area contributed by atoms with Crippen LogP contribution in [-0.4, -0.2) is 43.5 Å². The Kier molecular flexibility index (Phi) is 7.06. The minimum Gasteiger partial charge on any atom is -0.465 e. The van der Waals surface area contributed by atoms with E-state index in [4.69, 9.17) is 0 Å². The van der Waals surface area contributed by atoms with Gasteiger partial charge in [0.05, 0.1) is 12.7 Å². The molecule has 1 saturated heterocycles. The molecule has 1 aliphatic rings. The smallest absolute Gasteiger partial charge is 0.337 e. The summed E-state index contributed by atoms with van der Waals surface area (Å²) in [6.07, 6.45) is 3.72. The molecule has 0 spiro atoms. The van der Waals surface area contributed by atoms with Crippen LogP contribution in [0.5, 0.6) is 0 Å². The molecule has 1 fully saturated rings. The van der Waals surface area contributed by atoms with E-state index in [0.717, 1.165) is 38.0 Å². The van der Waals surface area contributed by atoms with E-state index in [1.807, 2.05) is 23.1 Å². The van der Waals surface area contributed by atoms with Crippen molar-refractivity contribution in [3.05, 3.63) is 65.7 Å². The third-order valence-corrected chi connectivity index (χ3v) is 5.31. The fraction of sp³-hybridized carbons (Fsp3) is 0.391. The number of carbonyl (C=O) groups is 2. The molecule has 0 aliphatic carbocycles. The zero-order valence-corrected chi connectivity index (χ0v) is 16.4. The first-order valence-corrected chi connectivity index (χ1v) is 9.89. The monoisotopic (exact) mass is 380 g/mol. The van der Waals surface area contributed by atoms with Gasteiger partial charge in [0, 0.05) is 31.7 Å². The minimum atomic E-state index is -0.350. The number of methoxy groups -OCH3 is 1. The number of ether oxygens (including phenoxy) is 1. The summed E-state index contributed by atoms with van der Waals surface area (Å²) in [7, 11) is 1.37. The summed E-state index contributed by atoms with van der Waals surface area (Å²) < 4.78 is 4.69. The van der Waals surface area contributed by atoms with Crippen LogP contribution in [-0.2, 0) is 16.0 Å². The quantitative estimate of drug-likeness (QED) is 0.743. The van der Waals surface area contributed by atoms with Crippen LogP contribution in [0.25, 0.3) is 0 Å². The summed E-state index contributed by atoms with van der Waals surface area (Å²) in [6.45, 7) is 2.29. The van der Waals surface area contributed by atoms with Crippen LogP contribution in [0.2, 0.25) is 0 Å². The Hall–Kier alpha value is -2.82. The molecule has 28 heavy (non-hydrogen) atoms. The SMILES string of the molecule is COC(=O)c1ccc(NCCC(=O)N2CCC(Cc3ccccc3)CC2)cc1. The van der Waals surface area contributed by atoms with E-state index >= 15 is 0 Å². The largest absolute Gasteiger partial charge is 0.465 e. The van der Waals surface area contributed by atoms with Crippen molar-refractivity contribution in [3.8, 4) is 0 Å². The van der Waals surface area contributed by atoms with Gasteiger partial charge in [-0.1, -0.05) is 30.3 Å². The second-order valence-corrected chi connectivity index (χ2v) is 7.26. The fourth-order valence-electron chi connectivity index (χ4n) is 3.65. The van der Waals surface area contributed by atoms with E-state index in [0.29, 0.717) is 24.4 Å². The summed E-state index contributed by atoms with van der Waals surface area (Å²) in [4.78, 5) is 25.9. The lowest BCUT2D eigenvalue weighted by molar-refractivity contribution is -0.132. The van der Waals surface area contributed by atoms with E-state index < -0.39 is 0 Å². The van der Waals surface area contributed by atoms with Crippen molar-refractivity contribution in [2.24, 2.45) is 5.92 Å². The average Bonchev–Trinajstić information content (AvgIpc) is 2.75. The third-order valence-electron chi connectivity index (χ3n) is 5.31. The van der Waals surface area contributed by atoms with Crippen LogP contribution < -0.4 is 5.32 Å². The summed E-state index contributed by atoms with van der Waals surface area (Å²) in [5, 5.41) is 3.24. The number of anilines is 1. The number of amides is 1. The van der Waals surface area contributed by atoms with E-state index in [1.54, 1.807) is 12.1 Å². The standard InChI is InChI=1S/C23H28N2O3/c1-28-23(27)20-7-9-21(10-8-20)24-14-11-22(26)25-15-12-19(13-16-25)17-18-5-3-2-4-6-18/h2-10,19,24H,11-17H2,1H3. The molecule has 2 aromatic carbocycles. The van der Waals surface area contributed by atoms with E-state index in [9.17, 15) is 9.59 Å². The van der Waals surface area contributed by atoms with Crippen LogP contribution >= 0.6 is 0 Å². The van der Waals surface area contributed by atoms with Crippen molar-refractivity contribution in [2.75, 3.05) is 32.1 Å². The molecule has 148 valence electrons. The lowest BCUT2D eigenvalue weighted by atomic mass is 9.90. The molecule has 0 bridgehead atoms. The van der Waals surface area contributed by atoms with Gasteiger partial charge in [-0.2, -0.15) is 0 Å². The highest BCUT2D eigenvalue weighted by atomic mass is 16.5. The molecule has 0 radical (unpaired) electrons. The number of carbonyl (C=O) groups excluding carboxylic acids is 2. The van der Waals surface area contributed by atoms with Gasteiger partial charge in [-0.15, -0.1) is 0 Å². The molecule has 0 atom stereocenters. The van der Waals surface area contributed by atoms with Gasteiger partial charge in [0.25, 0.3) is 0 Å². The van der Waals surface area contributed by atoms with E-state index in [1.165, 1.54) is 12.7 Å². The summed E-state index contributed by atoms with van der Waals surface area (Å²) in [6, 6.07) is 17.7. The molecule has 0 saturated carbocycles. The summed E-state index contributed by atoms with van der Waals surface area (Å²) in [5.74, 6) is 0.520. The van der Waals surface area contributed by atoms with Crippen molar-refractivity contribution >= 4 is 17.6 Å². The van der Waals surface area contributed by atoms with Gasteiger partial charge < -0.3 is 15.0 Å². The van der Waals surface area contributed by atoms with Crippen molar-refractivity contribution in [1.82, 2.24) is 4.90 Å². The Morgan fingerprint density at radius 3 is 2.36 bits per heavy atom. The Morgan fingerprint density at radius 1 is 1.04 bits per heavy atom. The molecule has 0 unspecified atom stereocenters. The van der Waals surface area contributed by atoms with Gasteiger partial charge in [0.2, 0.25) is 5.91 Å². The minimum absolute atomic E-state index is 0.205. The Balaban J connectivity index is 1.37. The maximum absolute atomic E-state index is 12.5. The second kappa shape index (κ2) is 9.93. The molecule has 1 aliphatic heterocycles. The zero-order chi connectivity index (χ0) is 19.8. The number of likely N-dealkylation sites (tertiary alicyclic amines) is 1. The molecular weight excluding hydrogens is 352 g/mol. The first kappa shape index (κ1) is 19.9. The van der Waals surface area contributed by atoms with Gasteiger partial charge in [-0.05, 0) is 55.0 Å². The zero-order valence-electron chi connectivity index (χ0n) is 16.4. The van der Waals surface area contributed by atoms with Crippen molar-refractivity contribution in [2.45, 2.75) is 25.7 Å². The van der Waals surface area contributed by atoms with Crippen LogP contribution in [0.1, 0.15) is 35.2 Å². The number of hydrogen-bond donors (Lipinski definition) is 1. The highest BCUT2D eigenvalue weighted by Crippen LogP contribution is 2.22. The predicted molar refractivity (Wildman–Crippen MR) is 110 cm³/mol. The van der Waals surface area contributed by atoms with Gasteiger partial charge in [0.15, 0.2) is 0 Å². The number of esters is 1. The van der Waals surface area contributed by atoms with Gasteiger partial charge in [-0.25, -0.2) is 4.79 Å². The van der Waals surface area contributed by atoms with Crippen LogP contribution in [0.4, 0.5) is 5.69 Å². The third kappa shape index (κ3) is 5.59. The van der Waals surface area contributed by atoms with E-state index in [2.05, 4.69) is 34.3 Å².